The molecule has 2 aliphatic rings. The van der Waals surface area contributed by atoms with Gasteiger partial charge in [-0.25, -0.2) is 4.98 Å². The molecule has 5 heteroatoms. The minimum Gasteiger partial charge on any atom is -0.381 e. The van der Waals surface area contributed by atoms with Gasteiger partial charge in [-0.15, -0.1) is 0 Å². The lowest BCUT2D eigenvalue weighted by Gasteiger charge is -2.38. The number of benzene rings is 1. The Labute approximate surface area is 149 Å². The molecule has 1 spiro atoms. The summed E-state index contributed by atoms with van der Waals surface area (Å²) in [5.41, 5.74) is 4.17. The third-order valence-electron chi connectivity index (χ3n) is 5.60. The van der Waals surface area contributed by atoms with Crippen molar-refractivity contribution in [1.29, 1.82) is 0 Å². The van der Waals surface area contributed by atoms with Crippen molar-refractivity contribution in [3.05, 3.63) is 48.0 Å². The Morgan fingerprint density at radius 2 is 2.04 bits per heavy atom. The standard InChI is InChI=1S/C20H27N3O2/c1-17-12-19(23-7-6-21-16-23)3-2-18(17)13-22-8-11-25-15-20(14-22)4-9-24-10-5-20/h2-3,6-7,12,16H,4-5,8-11,13-15H2,1H3. The molecular weight excluding hydrogens is 314 g/mol. The van der Waals surface area contributed by atoms with Gasteiger partial charge in [0.2, 0.25) is 0 Å². The first kappa shape index (κ1) is 16.8. The van der Waals surface area contributed by atoms with Gasteiger partial charge in [-0.3, -0.25) is 4.90 Å². The zero-order valence-corrected chi connectivity index (χ0v) is 15.0. The van der Waals surface area contributed by atoms with Crippen LogP contribution in [0.15, 0.2) is 36.9 Å². The van der Waals surface area contributed by atoms with Gasteiger partial charge in [0.25, 0.3) is 0 Å². The van der Waals surface area contributed by atoms with E-state index in [0.29, 0.717) is 0 Å². The van der Waals surface area contributed by atoms with Crippen molar-refractivity contribution in [3.8, 4) is 5.69 Å². The maximum Gasteiger partial charge on any atom is 0.0991 e. The molecule has 0 aliphatic carbocycles. The molecular formula is C20H27N3O2. The predicted molar refractivity (Wildman–Crippen MR) is 96.9 cm³/mol. The predicted octanol–water partition coefficient (Wildman–Crippen LogP) is 2.81. The molecule has 2 aromatic rings. The van der Waals surface area contributed by atoms with Gasteiger partial charge < -0.3 is 14.0 Å². The van der Waals surface area contributed by atoms with Crippen LogP contribution in [0.3, 0.4) is 0 Å². The molecule has 4 rings (SSSR count). The second kappa shape index (κ2) is 7.28. The zero-order chi connectivity index (χ0) is 17.1. The number of aromatic nitrogens is 2. The van der Waals surface area contributed by atoms with Crippen LogP contribution in [-0.4, -0.2) is 54.0 Å². The number of nitrogens with zero attached hydrogens (tertiary/aromatic N) is 3. The monoisotopic (exact) mass is 341 g/mol. The quantitative estimate of drug-likeness (QED) is 0.861. The second-order valence-electron chi connectivity index (χ2n) is 7.46. The molecule has 2 aliphatic heterocycles. The van der Waals surface area contributed by atoms with E-state index in [4.69, 9.17) is 9.47 Å². The Morgan fingerprint density at radius 1 is 1.16 bits per heavy atom. The van der Waals surface area contributed by atoms with Crippen LogP contribution in [0.5, 0.6) is 0 Å². The minimum atomic E-state index is 0.277. The summed E-state index contributed by atoms with van der Waals surface area (Å²) in [6.45, 7) is 8.76. The highest BCUT2D eigenvalue weighted by Crippen LogP contribution is 2.34. The van der Waals surface area contributed by atoms with Gasteiger partial charge >= 0.3 is 0 Å². The van der Waals surface area contributed by atoms with E-state index in [-0.39, 0.29) is 5.41 Å². The van der Waals surface area contributed by atoms with Gasteiger partial charge in [0.1, 0.15) is 0 Å². The van der Waals surface area contributed by atoms with E-state index < -0.39 is 0 Å². The molecule has 1 aromatic carbocycles. The van der Waals surface area contributed by atoms with Gasteiger partial charge in [0.15, 0.2) is 0 Å². The number of hydrogen-bond acceptors (Lipinski definition) is 4. The van der Waals surface area contributed by atoms with Crippen molar-refractivity contribution in [3.63, 3.8) is 0 Å². The van der Waals surface area contributed by atoms with Crippen LogP contribution in [0.1, 0.15) is 24.0 Å². The second-order valence-corrected chi connectivity index (χ2v) is 7.46. The Balaban J connectivity index is 1.49. The third kappa shape index (κ3) is 3.78. The Morgan fingerprint density at radius 3 is 2.80 bits per heavy atom. The van der Waals surface area contributed by atoms with Crippen LogP contribution in [0.25, 0.3) is 5.69 Å². The van der Waals surface area contributed by atoms with Gasteiger partial charge in [-0.1, -0.05) is 6.07 Å². The maximum absolute atomic E-state index is 5.95. The van der Waals surface area contributed by atoms with E-state index >= 15 is 0 Å². The summed E-state index contributed by atoms with van der Waals surface area (Å²) in [5.74, 6) is 0. The molecule has 0 saturated carbocycles. The zero-order valence-electron chi connectivity index (χ0n) is 15.0. The molecule has 0 N–H and O–H groups in total. The largest absolute Gasteiger partial charge is 0.381 e. The summed E-state index contributed by atoms with van der Waals surface area (Å²) in [6, 6.07) is 6.69. The Bertz CT molecular complexity index is 693. The van der Waals surface area contributed by atoms with E-state index in [0.717, 1.165) is 58.9 Å². The van der Waals surface area contributed by atoms with Crippen molar-refractivity contribution in [1.82, 2.24) is 14.5 Å². The van der Waals surface area contributed by atoms with E-state index in [9.17, 15) is 0 Å². The molecule has 134 valence electrons. The van der Waals surface area contributed by atoms with E-state index in [1.165, 1.54) is 16.8 Å². The lowest BCUT2D eigenvalue weighted by molar-refractivity contribution is -0.0320. The lowest BCUT2D eigenvalue weighted by atomic mass is 9.80. The van der Waals surface area contributed by atoms with Crippen molar-refractivity contribution < 1.29 is 9.47 Å². The molecule has 0 radical (unpaired) electrons. The number of imidazole rings is 1. The first-order chi connectivity index (χ1) is 12.2. The summed E-state index contributed by atoms with van der Waals surface area (Å²) >= 11 is 0. The summed E-state index contributed by atoms with van der Waals surface area (Å²) in [6.07, 6.45) is 7.86. The number of hydrogen-bond donors (Lipinski definition) is 0. The highest BCUT2D eigenvalue weighted by atomic mass is 16.5. The van der Waals surface area contributed by atoms with Crippen LogP contribution in [-0.2, 0) is 16.0 Å². The molecule has 0 unspecified atom stereocenters. The van der Waals surface area contributed by atoms with Crippen molar-refractivity contribution in [2.45, 2.75) is 26.3 Å². The van der Waals surface area contributed by atoms with Gasteiger partial charge in [-0.2, -0.15) is 0 Å². The average molecular weight is 341 g/mol. The van der Waals surface area contributed by atoms with Crippen LogP contribution < -0.4 is 0 Å². The Hall–Kier alpha value is -1.69. The van der Waals surface area contributed by atoms with Crippen LogP contribution in [0, 0.1) is 12.3 Å². The maximum atomic E-state index is 5.95. The topological polar surface area (TPSA) is 39.5 Å². The molecule has 2 fully saturated rings. The number of rotatable bonds is 3. The van der Waals surface area contributed by atoms with Gasteiger partial charge in [-0.05, 0) is 43.0 Å². The first-order valence-corrected chi connectivity index (χ1v) is 9.20. The Kier molecular flexibility index (Phi) is 4.88. The highest BCUT2D eigenvalue weighted by Gasteiger charge is 2.36. The summed E-state index contributed by atoms with van der Waals surface area (Å²) in [4.78, 5) is 6.70. The molecule has 2 saturated heterocycles. The fourth-order valence-electron chi connectivity index (χ4n) is 3.99. The summed E-state index contributed by atoms with van der Waals surface area (Å²) in [7, 11) is 0. The van der Waals surface area contributed by atoms with E-state index in [2.05, 4.69) is 35.0 Å². The minimum absolute atomic E-state index is 0.277. The van der Waals surface area contributed by atoms with E-state index in [1.807, 2.05) is 23.3 Å². The molecule has 1 aromatic heterocycles. The third-order valence-corrected chi connectivity index (χ3v) is 5.60. The van der Waals surface area contributed by atoms with Crippen molar-refractivity contribution in [2.75, 3.05) is 39.5 Å². The van der Waals surface area contributed by atoms with Gasteiger partial charge in [0, 0.05) is 56.3 Å². The van der Waals surface area contributed by atoms with Crippen LogP contribution in [0.2, 0.25) is 0 Å². The molecule has 0 atom stereocenters. The van der Waals surface area contributed by atoms with Crippen LogP contribution in [0.4, 0.5) is 0 Å². The SMILES string of the molecule is Cc1cc(-n2ccnc2)ccc1CN1CCOCC2(CCOCC2)C1. The number of aryl methyl sites for hydroxylation is 1. The lowest BCUT2D eigenvalue weighted by Crippen LogP contribution is -2.42. The van der Waals surface area contributed by atoms with Crippen molar-refractivity contribution in [2.24, 2.45) is 5.41 Å². The molecule has 0 bridgehead atoms. The first-order valence-electron chi connectivity index (χ1n) is 9.20. The smallest absolute Gasteiger partial charge is 0.0991 e. The van der Waals surface area contributed by atoms with Gasteiger partial charge in [0.05, 0.1) is 19.5 Å². The van der Waals surface area contributed by atoms with Crippen molar-refractivity contribution >= 4 is 0 Å². The fraction of sp³-hybridized carbons (Fsp3) is 0.550. The summed E-state index contributed by atoms with van der Waals surface area (Å²) < 4.78 is 13.6. The molecule has 0 amide bonds. The normalized spacial score (nSPS) is 21.3. The van der Waals surface area contributed by atoms with Crippen LogP contribution >= 0.6 is 0 Å². The summed E-state index contributed by atoms with van der Waals surface area (Å²) in [5, 5.41) is 0. The molecule has 25 heavy (non-hydrogen) atoms. The number of ether oxygens (including phenoxy) is 2. The van der Waals surface area contributed by atoms with E-state index in [1.54, 1.807) is 0 Å². The average Bonchev–Trinajstić information content (AvgIpc) is 3.09. The fourth-order valence-corrected chi connectivity index (χ4v) is 3.99. The molecule has 5 nitrogen and oxygen atoms in total. The highest BCUT2D eigenvalue weighted by molar-refractivity contribution is 5.40. The molecule has 3 heterocycles.